The van der Waals surface area contributed by atoms with Gasteiger partial charge < -0.3 is 10.1 Å². The Kier molecular flexibility index (Phi) is 5.76. The van der Waals surface area contributed by atoms with Gasteiger partial charge in [0.05, 0.1) is 10.9 Å². The highest BCUT2D eigenvalue weighted by Gasteiger charge is 2.39. The van der Waals surface area contributed by atoms with E-state index in [1.165, 1.54) is 19.1 Å². The first-order chi connectivity index (χ1) is 13.3. The zero-order chi connectivity index (χ0) is 20.4. The van der Waals surface area contributed by atoms with Gasteiger partial charge in [0.1, 0.15) is 11.4 Å². The summed E-state index contributed by atoms with van der Waals surface area (Å²) in [5.74, 6) is 0.522. The van der Waals surface area contributed by atoms with Crippen molar-refractivity contribution in [3.05, 3.63) is 54.1 Å². The Morgan fingerprint density at radius 3 is 2.36 bits per heavy atom. The average molecular weight is 403 g/mol. The molecule has 0 radical (unpaired) electrons. The molecule has 0 spiro atoms. The summed E-state index contributed by atoms with van der Waals surface area (Å²) >= 11 is 0. The van der Waals surface area contributed by atoms with Crippen molar-refractivity contribution in [2.75, 3.05) is 5.32 Å². The fourth-order valence-electron chi connectivity index (χ4n) is 3.58. The number of anilines is 1. The van der Waals surface area contributed by atoms with Crippen molar-refractivity contribution in [2.45, 2.75) is 56.6 Å². The van der Waals surface area contributed by atoms with E-state index in [1.54, 1.807) is 12.1 Å². The molecule has 0 saturated carbocycles. The number of ether oxygens (including phenoxy) is 1. The highest BCUT2D eigenvalue weighted by atomic mass is 32.2. The van der Waals surface area contributed by atoms with Crippen LogP contribution in [0.1, 0.15) is 51.6 Å². The first-order valence-electron chi connectivity index (χ1n) is 9.46. The number of para-hydroxylation sites is 1. The predicted molar refractivity (Wildman–Crippen MR) is 109 cm³/mol. The molecule has 2 aromatic carbocycles. The molecule has 2 N–H and O–H groups in total. The lowest BCUT2D eigenvalue weighted by molar-refractivity contribution is -0.114. The maximum absolute atomic E-state index is 13.0. The first-order valence-corrected chi connectivity index (χ1v) is 10.9. The lowest BCUT2D eigenvalue weighted by atomic mass is 9.84. The van der Waals surface area contributed by atoms with Crippen LogP contribution in [0.15, 0.2) is 53.4 Å². The molecule has 1 unspecified atom stereocenters. The Balaban J connectivity index is 1.89. The van der Waals surface area contributed by atoms with Crippen LogP contribution in [0.3, 0.4) is 0 Å². The standard InChI is InChI=1S/C21H26N2O4S/c1-4-21(5-2)14-19(18-8-6-7-9-20(18)27-21)23-28(25,26)17-12-10-16(11-13-17)22-15(3)24/h6-13,19,23H,4-5,14H2,1-3H3,(H,22,24). The topological polar surface area (TPSA) is 84.5 Å². The number of nitrogens with one attached hydrogen (secondary N) is 2. The molecular formula is C21H26N2O4S. The number of rotatable bonds is 6. The van der Waals surface area contributed by atoms with Crippen molar-refractivity contribution < 1.29 is 17.9 Å². The Labute approximate surface area is 166 Å². The normalized spacial score (nSPS) is 18.0. The van der Waals surface area contributed by atoms with Crippen LogP contribution in [-0.2, 0) is 14.8 Å². The summed E-state index contributed by atoms with van der Waals surface area (Å²) in [5, 5.41) is 2.63. The minimum atomic E-state index is -3.73. The summed E-state index contributed by atoms with van der Waals surface area (Å²) in [6.07, 6.45) is 2.16. The number of sulfonamides is 1. The van der Waals surface area contributed by atoms with E-state index in [4.69, 9.17) is 4.74 Å². The predicted octanol–water partition coefficient (Wildman–Crippen LogP) is 4.01. The van der Waals surface area contributed by atoms with Gasteiger partial charge >= 0.3 is 0 Å². The first kappa shape index (κ1) is 20.4. The third-order valence-corrected chi connectivity index (χ3v) is 6.76. The number of hydrogen-bond acceptors (Lipinski definition) is 4. The number of amides is 1. The quantitative estimate of drug-likeness (QED) is 0.765. The summed E-state index contributed by atoms with van der Waals surface area (Å²) < 4.78 is 35.1. The molecule has 7 heteroatoms. The molecule has 0 aliphatic carbocycles. The Morgan fingerprint density at radius 1 is 1.11 bits per heavy atom. The molecule has 0 fully saturated rings. The molecule has 150 valence electrons. The maximum atomic E-state index is 13.0. The molecule has 0 bridgehead atoms. The molecule has 1 aliphatic heterocycles. The second-order valence-corrected chi connectivity index (χ2v) is 8.83. The van der Waals surface area contributed by atoms with Gasteiger partial charge in [0.25, 0.3) is 0 Å². The van der Waals surface area contributed by atoms with Gasteiger partial charge in [-0.2, -0.15) is 0 Å². The van der Waals surface area contributed by atoms with Crippen LogP contribution in [0.2, 0.25) is 0 Å². The van der Waals surface area contributed by atoms with Crippen molar-refractivity contribution in [1.29, 1.82) is 0 Å². The lowest BCUT2D eigenvalue weighted by Gasteiger charge is -2.41. The number of carbonyl (C=O) groups is 1. The molecule has 1 heterocycles. The summed E-state index contributed by atoms with van der Waals surface area (Å²) in [4.78, 5) is 11.3. The van der Waals surface area contributed by atoms with Crippen molar-refractivity contribution in [3.63, 3.8) is 0 Å². The van der Waals surface area contributed by atoms with E-state index in [0.717, 1.165) is 24.2 Å². The molecule has 6 nitrogen and oxygen atoms in total. The lowest BCUT2D eigenvalue weighted by Crippen LogP contribution is -2.44. The minimum absolute atomic E-state index is 0.157. The molecule has 2 aromatic rings. The van der Waals surface area contributed by atoms with E-state index in [0.29, 0.717) is 12.1 Å². The number of hydrogen-bond donors (Lipinski definition) is 2. The number of fused-ring (bicyclic) bond motifs is 1. The van der Waals surface area contributed by atoms with Crippen molar-refractivity contribution in [1.82, 2.24) is 4.72 Å². The molecule has 1 atom stereocenters. The number of benzene rings is 2. The summed E-state index contributed by atoms with van der Waals surface area (Å²) in [7, 11) is -3.73. The van der Waals surface area contributed by atoms with E-state index in [-0.39, 0.29) is 16.8 Å². The van der Waals surface area contributed by atoms with Crippen LogP contribution in [0.4, 0.5) is 5.69 Å². The van der Waals surface area contributed by atoms with Crippen LogP contribution in [0.25, 0.3) is 0 Å². The van der Waals surface area contributed by atoms with Crippen molar-refractivity contribution in [3.8, 4) is 5.75 Å². The highest BCUT2D eigenvalue weighted by Crippen LogP contribution is 2.43. The van der Waals surface area contributed by atoms with Gasteiger partial charge in [-0.05, 0) is 43.2 Å². The van der Waals surface area contributed by atoms with E-state index >= 15 is 0 Å². The molecule has 0 aromatic heterocycles. The Morgan fingerprint density at radius 2 is 1.75 bits per heavy atom. The van der Waals surface area contributed by atoms with Crippen LogP contribution < -0.4 is 14.8 Å². The third kappa shape index (κ3) is 4.20. The van der Waals surface area contributed by atoms with Crippen molar-refractivity contribution >= 4 is 21.6 Å². The fourth-order valence-corrected chi connectivity index (χ4v) is 4.80. The molecule has 1 aliphatic rings. The summed E-state index contributed by atoms with van der Waals surface area (Å²) in [5.41, 5.74) is 1.01. The average Bonchev–Trinajstić information content (AvgIpc) is 2.67. The zero-order valence-electron chi connectivity index (χ0n) is 16.4. The van der Waals surface area contributed by atoms with Crippen LogP contribution >= 0.6 is 0 Å². The Bertz CT molecular complexity index is 951. The van der Waals surface area contributed by atoms with Gasteiger partial charge in [-0.1, -0.05) is 32.0 Å². The number of carbonyl (C=O) groups excluding carboxylic acids is 1. The molecular weight excluding hydrogens is 376 g/mol. The van der Waals surface area contributed by atoms with Crippen LogP contribution in [0, 0.1) is 0 Å². The fraction of sp³-hybridized carbons (Fsp3) is 0.381. The molecule has 3 rings (SSSR count). The van der Waals surface area contributed by atoms with E-state index < -0.39 is 15.6 Å². The van der Waals surface area contributed by atoms with Gasteiger partial charge in [-0.25, -0.2) is 13.1 Å². The van der Waals surface area contributed by atoms with E-state index in [2.05, 4.69) is 23.9 Å². The zero-order valence-corrected chi connectivity index (χ0v) is 17.2. The van der Waals surface area contributed by atoms with Gasteiger partial charge in [0.15, 0.2) is 0 Å². The van der Waals surface area contributed by atoms with Crippen LogP contribution in [-0.4, -0.2) is 19.9 Å². The highest BCUT2D eigenvalue weighted by molar-refractivity contribution is 7.89. The van der Waals surface area contributed by atoms with Gasteiger partial charge in [0.2, 0.25) is 15.9 Å². The smallest absolute Gasteiger partial charge is 0.241 e. The van der Waals surface area contributed by atoms with Gasteiger partial charge in [-0.15, -0.1) is 0 Å². The maximum Gasteiger partial charge on any atom is 0.241 e. The van der Waals surface area contributed by atoms with Gasteiger partial charge in [-0.3, -0.25) is 4.79 Å². The van der Waals surface area contributed by atoms with Gasteiger partial charge in [0, 0.05) is 24.6 Å². The van der Waals surface area contributed by atoms with Crippen LogP contribution in [0.5, 0.6) is 5.75 Å². The third-order valence-electron chi connectivity index (χ3n) is 5.27. The second kappa shape index (κ2) is 7.93. The molecule has 28 heavy (non-hydrogen) atoms. The minimum Gasteiger partial charge on any atom is -0.487 e. The second-order valence-electron chi connectivity index (χ2n) is 7.11. The monoisotopic (exact) mass is 402 g/mol. The van der Waals surface area contributed by atoms with E-state index in [1.807, 2.05) is 24.3 Å². The van der Waals surface area contributed by atoms with E-state index in [9.17, 15) is 13.2 Å². The molecule has 1 amide bonds. The largest absolute Gasteiger partial charge is 0.487 e. The summed E-state index contributed by atoms with van der Waals surface area (Å²) in [6.45, 7) is 5.52. The summed E-state index contributed by atoms with van der Waals surface area (Å²) in [6, 6.07) is 13.3. The Hall–Kier alpha value is -2.38. The molecule has 0 saturated heterocycles. The SMILES string of the molecule is CCC1(CC)CC(NS(=O)(=O)c2ccc(NC(C)=O)cc2)c2ccccc2O1. The van der Waals surface area contributed by atoms with Crippen molar-refractivity contribution in [2.24, 2.45) is 0 Å².